The highest BCUT2D eigenvalue weighted by Gasteiger charge is 2.00. The van der Waals surface area contributed by atoms with Gasteiger partial charge < -0.3 is 4.74 Å². The highest BCUT2D eigenvalue weighted by molar-refractivity contribution is 5.64. The second-order valence-electron chi connectivity index (χ2n) is 7.24. The molecule has 0 radical (unpaired) electrons. The Bertz CT molecular complexity index is 903. The van der Waals surface area contributed by atoms with Crippen LogP contribution < -0.4 is 0 Å². The van der Waals surface area contributed by atoms with Crippen LogP contribution >= 0.6 is 0 Å². The molecule has 144 valence electrons. The van der Waals surface area contributed by atoms with Crippen molar-refractivity contribution < 1.29 is 4.74 Å². The molecule has 0 unspecified atom stereocenters. The normalized spacial score (nSPS) is 10.8. The molecule has 0 N–H and O–H groups in total. The molecule has 4 aromatic rings. The summed E-state index contributed by atoms with van der Waals surface area (Å²) in [5.74, 6) is 0. The summed E-state index contributed by atoms with van der Waals surface area (Å²) in [7, 11) is 0. The van der Waals surface area contributed by atoms with Gasteiger partial charge in [-0.3, -0.25) is 0 Å². The molecule has 0 heterocycles. The van der Waals surface area contributed by atoms with Crippen molar-refractivity contribution in [2.24, 2.45) is 0 Å². The Labute approximate surface area is 173 Å². The Hall–Kier alpha value is -3.16. The molecule has 0 fully saturated rings. The number of rotatable bonds is 8. The van der Waals surface area contributed by atoms with Crippen LogP contribution in [0.15, 0.2) is 109 Å². The summed E-state index contributed by atoms with van der Waals surface area (Å²) >= 11 is 0. The van der Waals surface area contributed by atoms with Gasteiger partial charge in [0.1, 0.15) is 0 Å². The summed E-state index contributed by atoms with van der Waals surface area (Å²) in [6.45, 7) is 1.51. The van der Waals surface area contributed by atoms with Gasteiger partial charge in [0.05, 0.1) is 13.2 Å². The maximum atomic E-state index is 5.87. The van der Waals surface area contributed by atoms with Crippen LogP contribution in [0.4, 0.5) is 0 Å². The van der Waals surface area contributed by atoms with Crippen LogP contribution in [0.3, 0.4) is 0 Å². The largest absolute Gasteiger partial charge is 0.381 e. The van der Waals surface area contributed by atoms with Crippen LogP contribution in [0.5, 0.6) is 0 Å². The molecule has 4 aromatic carbocycles. The molecule has 0 amide bonds. The lowest BCUT2D eigenvalue weighted by Gasteiger charge is -2.07. The predicted octanol–water partition coefficient (Wildman–Crippen LogP) is 6.82. The molecule has 0 bridgehead atoms. The second kappa shape index (κ2) is 9.86. The van der Waals surface area contributed by atoms with Crippen LogP contribution in [0.1, 0.15) is 11.1 Å². The van der Waals surface area contributed by atoms with Crippen molar-refractivity contribution in [3.63, 3.8) is 0 Å². The van der Waals surface area contributed by atoms with E-state index >= 15 is 0 Å². The first-order valence-corrected chi connectivity index (χ1v) is 10.2. The number of ether oxygens (including phenoxy) is 1. The van der Waals surface area contributed by atoms with Crippen molar-refractivity contribution in [1.29, 1.82) is 0 Å². The highest BCUT2D eigenvalue weighted by atomic mass is 16.5. The molecule has 1 nitrogen and oxygen atoms in total. The minimum atomic E-state index is 0.757. The van der Waals surface area contributed by atoms with E-state index in [1.165, 1.54) is 33.4 Å². The zero-order valence-electron chi connectivity index (χ0n) is 16.6. The summed E-state index contributed by atoms with van der Waals surface area (Å²) in [6, 6.07) is 38.6. The first kappa shape index (κ1) is 19.2. The molecule has 0 saturated heterocycles. The van der Waals surface area contributed by atoms with E-state index in [2.05, 4.69) is 97.1 Å². The van der Waals surface area contributed by atoms with Crippen molar-refractivity contribution in [3.05, 3.63) is 120 Å². The monoisotopic (exact) mass is 378 g/mol. The molecule has 0 atom stereocenters. The van der Waals surface area contributed by atoms with E-state index in [0.717, 1.165) is 26.1 Å². The van der Waals surface area contributed by atoms with Crippen LogP contribution in [-0.4, -0.2) is 13.2 Å². The van der Waals surface area contributed by atoms with Gasteiger partial charge in [-0.15, -0.1) is 0 Å². The molecule has 0 aromatic heterocycles. The fourth-order valence-corrected chi connectivity index (χ4v) is 3.47. The zero-order valence-corrected chi connectivity index (χ0v) is 16.6. The maximum Gasteiger partial charge on any atom is 0.0506 e. The molecular formula is C28H26O. The zero-order chi connectivity index (χ0) is 19.7. The Morgan fingerprint density at radius 1 is 0.379 bits per heavy atom. The minimum Gasteiger partial charge on any atom is -0.381 e. The second-order valence-corrected chi connectivity index (χ2v) is 7.24. The molecule has 0 aliphatic rings. The summed E-state index contributed by atoms with van der Waals surface area (Å²) in [6.07, 6.45) is 1.89. The third kappa shape index (κ3) is 5.43. The summed E-state index contributed by atoms with van der Waals surface area (Å²) in [4.78, 5) is 0. The minimum absolute atomic E-state index is 0.757. The quantitative estimate of drug-likeness (QED) is 0.306. The van der Waals surface area contributed by atoms with Gasteiger partial charge in [-0.25, -0.2) is 0 Å². The molecule has 1 heteroatoms. The van der Waals surface area contributed by atoms with Gasteiger partial charge in [-0.05, 0) is 46.2 Å². The van der Waals surface area contributed by atoms with Gasteiger partial charge in [0.15, 0.2) is 0 Å². The van der Waals surface area contributed by atoms with Crippen molar-refractivity contribution >= 4 is 0 Å². The van der Waals surface area contributed by atoms with Crippen molar-refractivity contribution in [2.45, 2.75) is 12.8 Å². The molecule has 0 spiro atoms. The fraction of sp³-hybridized carbons (Fsp3) is 0.143. The average molecular weight is 379 g/mol. The summed E-state index contributed by atoms with van der Waals surface area (Å²) in [5.41, 5.74) is 7.67. The number of hydrogen-bond acceptors (Lipinski definition) is 1. The smallest absolute Gasteiger partial charge is 0.0506 e. The molecule has 0 saturated carbocycles. The first-order chi connectivity index (χ1) is 14.4. The van der Waals surface area contributed by atoms with E-state index in [4.69, 9.17) is 4.74 Å². The molecular weight excluding hydrogens is 352 g/mol. The van der Waals surface area contributed by atoms with Gasteiger partial charge >= 0.3 is 0 Å². The SMILES string of the molecule is c1ccc(-c2ccc(CCOCCc3ccc(-c4ccccc4)cc3)cc2)cc1. The molecule has 0 aliphatic heterocycles. The van der Waals surface area contributed by atoms with Gasteiger partial charge in [0.25, 0.3) is 0 Å². The third-order valence-electron chi connectivity index (χ3n) is 5.19. The van der Waals surface area contributed by atoms with E-state index in [1.807, 2.05) is 12.1 Å². The Morgan fingerprint density at radius 2 is 0.724 bits per heavy atom. The molecule has 0 aliphatic carbocycles. The van der Waals surface area contributed by atoms with Gasteiger partial charge in [-0.2, -0.15) is 0 Å². The highest BCUT2D eigenvalue weighted by Crippen LogP contribution is 2.20. The maximum absolute atomic E-state index is 5.87. The van der Waals surface area contributed by atoms with Crippen LogP contribution in [-0.2, 0) is 17.6 Å². The van der Waals surface area contributed by atoms with E-state index in [9.17, 15) is 0 Å². The van der Waals surface area contributed by atoms with E-state index < -0.39 is 0 Å². The van der Waals surface area contributed by atoms with Crippen LogP contribution in [0, 0.1) is 0 Å². The summed E-state index contributed by atoms with van der Waals surface area (Å²) in [5, 5.41) is 0. The number of hydrogen-bond donors (Lipinski definition) is 0. The Balaban J connectivity index is 1.20. The van der Waals surface area contributed by atoms with E-state index in [-0.39, 0.29) is 0 Å². The van der Waals surface area contributed by atoms with Crippen LogP contribution in [0.2, 0.25) is 0 Å². The number of benzene rings is 4. The van der Waals surface area contributed by atoms with Gasteiger partial charge in [0, 0.05) is 0 Å². The first-order valence-electron chi connectivity index (χ1n) is 10.2. The van der Waals surface area contributed by atoms with Gasteiger partial charge in [0.2, 0.25) is 0 Å². The average Bonchev–Trinajstić information content (AvgIpc) is 2.81. The fourth-order valence-electron chi connectivity index (χ4n) is 3.47. The standard InChI is InChI=1S/C28H26O/c1-3-7-25(8-4-1)27-15-11-23(12-16-27)19-21-29-22-20-24-13-17-28(18-14-24)26-9-5-2-6-10-26/h1-18H,19-22H2. The lowest BCUT2D eigenvalue weighted by molar-refractivity contribution is 0.140. The lowest BCUT2D eigenvalue weighted by atomic mass is 10.0. The third-order valence-corrected chi connectivity index (χ3v) is 5.19. The van der Waals surface area contributed by atoms with Gasteiger partial charge in [-0.1, -0.05) is 109 Å². The lowest BCUT2D eigenvalue weighted by Crippen LogP contribution is -2.03. The molecule has 4 rings (SSSR count). The van der Waals surface area contributed by atoms with Crippen molar-refractivity contribution in [1.82, 2.24) is 0 Å². The topological polar surface area (TPSA) is 9.23 Å². The Morgan fingerprint density at radius 3 is 1.10 bits per heavy atom. The van der Waals surface area contributed by atoms with E-state index in [1.54, 1.807) is 0 Å². The Kier molecular flexibility index (Phi) is 6.52. The summed E-state index contributed by atoms with van der Waals surface area (Å²) < 4.78 is 5.87. The molecule has 29 heavy (non-hydrogen) atoms. The predicted molar refractivity (Wildman–Crippen MR) is 122 cm³/mol. The van der Waals surface area contributed by atoms with Crippen molar-refractivity contribution in [2.75, 3.05) is 13.2 Å². The van der Waals surface area contributed by atoms with Crippen LogP contribution in [0.25, 0.3) is 22.3 Å². The van der Waals surface area contributed by atoms with Crippen molar-refractivity contribution in [3.8, 4) is 22.3 Å². The van der Waals surface area contributed by atoms with E-state index in [0.29, 0.717) is 0 Å².